The molecule has 0 bridgehead atoms. The van der Waals surface area contributed by atoms with Gasteiger partial charge in [0, 0.05) is 5.56 Å². The molecule has 0 aliphatic rings. The number of nitrogens with two attached hydrogens (primary N) is 1. The van der Waals surface area contributed by atoms with Crippen LogP contribution in [0.5, 0.6) is 0 Å². The second-order valence-corrected chi connectivity index (χ2v) is 4.80. The molecule has 0 spiro atoms. The van der Waals surface area contributed by atoms with Crippen LogP contribution < -0.4 is 5.73 Å². The fraction of sp³-hybridized carbons (Fsp3) is 0.429. The maximum atomic E-state index is 12.1. The van der Waals surface area contributed by atoms with Crippen LogP contribution in [0.15, 0.2) is 18.2 Å². The number of carbonyl (C=O) groups is 2. The molecule has 0 heterocycles. The summed E-state index contributed by atoms with van der Waals surface area (Å²) in [5.74, 6) is -1.06. The van der Waals surface area contributed by atoms with E-state index in [1.165, 1.54) is 0 Å². The lowest BCUT2D eigenvalue weighted by Gasteiger charge is -2.13. The Morgan fingerprint density at radius 3 is 2.44 bits per heavy atom. The van der Waals surface area contributed by atoms with E-state index in [4.69, 9.17) is 10.8 Å². The molecule has 0 saturated carbocycles. The molecule has 1 unspecified atom stereocenters. The van der Waals surface area contributed by atoms with E-state index in [1.54, 1.807) is 0 Å². The summed E-state index contributed by atoms with van der Waals surface area (Å²) in [7, 11) is 0. The van der Waals surface area contributed by atoms with Gasteiger partial charge in [0.15, 0.2) is 5.78 Å². The molecule has 0 amide bonds. The molecule has 1 atom stereocenters. The number of carboxylic acid groups (broad SMARTS) is 1. The number of benzene rings is 1. The number of aliphatic carboxylic acids is 1. The molecule has 1 aromatic rings. The lowest BCUT2D eigenvalue weighted by Crippen LogP contribution is -2.33. The van der Waals surface area contributed by atoms with Crippen molar-refractivity contribution < 1.29 is 14.7 Å². The molecule has 98 valence electrons. The Labute approximate surface area is 107 Å². The summed E-state index contributed by atoms with van der Waals surface area (Å²) in [5, 5.41) is 8.66. The van der Waals surface area contributed by atoms with E-state index in [0.29, 0.717) is 11.5 Å². The van der Waals surface area contributed by atoms with Crippen LogP contribution in [0.4, 0.5) is 0 Å². The Morgan fingerprint density at radius 2 is 1.94 bits per heavy atom. The highest BCUT2D eigenvalue weighted by Crippen LogP contribution is 2.20. The van der Waals surface area contributed by atoms with Gasteiger partial charge in [0.1, 0.15) is 0 Å². The predicted octanol–water partition coefficient (Wildman–Crippen LogP) is 2.10. The van der Waals surface area contributed by atoms with Crippen LogP contribution in [0.1, 0.15) is 47.7 Å². The van der Waals surface area contributed by atoms with Gasteiger partial charge in [-0.05, 0) is 30.0 Å². The first-order valence-corrected chi connectivity index (χ1v) is 5.95. The molecule has 0 saturated heterocycles. The van der Waals surface area contributed by atoms with Crippen molar-refractivity contribution in [2.75, 3.05) is 0 Å². The number of aryl methyl sites for hydroxylation is 1. The Morgan fingerprint density at radius 1 is 1.33 bits per heavy atom. The molecular weight excluding hydrogens is 230 g/mol. The molecule has 0 aromatic heterocycles. The van der Waals surface area contributed by atoms with Gasteiger partial charge in [0.2, 0.25) is 0 Å². The SMILES string of the molecule is Cc1ccc(C(C)C)cc1C(=O)C(N)CC(=O)O. The van der Waals surface area contributed by atoms with E-state index in [2.05, 4.69) is 0 Å². The van der Waals surface area contributed by atoms with Crippen molar-refractivity contribution in [3.8, 4) is 0 Å². The van der Waals surface area contributed by atoms with Crippen LogP contribution in [-0.4, -0.2) is 22.9 Å². The smallest absolute Gasteiger partial charge is 0.305 e. The topological polar surface area (TPSA) is 80.4 Å². The third kappa shape index (κ3) is 3.40. The molecule has 1 rings (SSSR count). The third-order valence-corrected chi connectivity index (χ3v) is 2.93. The minimum Gasteiger partial charge on any atom is -0.481 e. The molecule has 0 fully saturated rings. The first-order chi connectivity index (χ1) is 8.32. The lowest BCUT2D eigenvalue weighted by molar-refractivity contribution is -0.137. The summed E-state index contributed by atoms with van der Waals surface area (Å²) in [6, 6.07) is 4.67. The second kappa shape index (κ2) is 5.78. The molecule has 1 aromatic carbocycles. The standard InChI is InChI=1S/C14H19NO3/c1-8(2)10-5-4-9(3)11(6-10)14(18)12(15)7-13(16)17/h4-6,8,12H,7,15H2,1-3H3,(H,16,17). The van der Waals surface area contributed by atoms with Gasteiger partial charge in [-0.3, -0.25) is 9.59 Å². The van der Waals surface area contributed by atoms with Gasteiger partial charge in [0.05, 0.1) is 12.5 Å². The number of Topliss-reactive ketones (excluding diaryl/α,β-unsaturated/α-hetero) is 1. The van der Waals surface area contributed by atoms with Crippen molar-refractivity contribution in [1.29, 1.82) is 0 Å². The van der Waals surface area contributed by atoms with Gasteiger partial charge >= 0.3 is 5.97 Å². The minimum absolute atomic E-state index is 0.308. The molecule has 18 heavy (non-hydrogen) atoms. The summed E-state index contributed by atoms with van der Waals surface area (Å²) in [5.41, 5.74) is 8.01. The first kappa shape index (κ1) is 14.4. The molecule has 4 nitrogen and oxygen atoms in total. The van der Waals surface area contributed by atoms with Crippen molar-refractivity contribution >= 4 is 11.8 Å². The Kier molecular flexibility index (Phi) is 4.62. The first-order valence-electron chi connectivity index (χ1n) is 5.95. The van der Waals surface area contributed by atoms with Crippen LogP contribution in [0.3, 0.4) is 0 Å². The largest absolute Gasteiger partial charge is 0.481 e. The average molecular weight is 249 g/mol. The predicted molar refractivity (Wildman–Crippen MR) is 69.8 cm³/mol. The monoisotopic (exact) mass is 249 g/mol. The van der Waals surface area contributed by atoms with Gasteiger partial charge in [-0.1, -0.05) is 26.0 Å². The summed E-state index contributed by atoms with van der Waals surface area (Å²) in [6.07, 6.45) is -0.343. The van der Waals surface area contributed by atoms with E-state index in [0.717, 1.165) is 11.1 Å². The van der Waals surface area contributed by atoms with E-state index < -0.39 is 12.0 Å². The van der Waals surface area contributed by atoms with Gasteiger partial charge in [-0.25, -0.2) is 0 Å². The van der Waals surface area contributed by atoms with Crippen LogP contribution in [0.25, 0.3) is 0 Å². The molecule has 0 aliphatic carbocycles. The van der Waals surface area contributed by atoms with Gasteiger partial charge in [-0.2, -0.15) is 0 Å². The lowest BCUT2D eigenvalue weighted by atomic mass is 9.93. The summed E-state index contributed by atoms with van der Waals surface area (Å²) in [6.45, 7) is 5.90. The number of hydrogen-bond acceptors (Lipinski definition) is 3. The van der Waals surface area contributed by atoms with Gasteiger partial charge < -0.3 is 10.8 Å². The summed E-state index contributed by atoms with van der Waals surface area (Å²) < 4.78 is 0. The molecule has 3 N–H and O–H groups in total. The Hall–Kier alpha value is -1.68. The Bertz CT molecular complexity index is 466. The Balaban J connectivity index is 3.04. The molecule has 0 radical (unpaired) electrons. The molecular formula is C14H19NO3. The van der Waals surface area contributed by atoms with Gasteiger partial charge in [0.25, 0.3) is 0 Å². The highest BCUT2D eigenvalue weighted by Gasteiger charge is 2.20. The maximum absolute atomic E-state index is 12.1. The van der Waals surface area contributed by atoms with Gasteiger partial charge in [-0.15, -0.1) is 0 Å². The van der Waals surface area contributed by atoms with E-state index in [1.807, 2.05) is 39.0 Å². The zero-order valence-electron chi connectivity index (χ0n) is 10.9. The zero-order chi connectivity index (χ0) is 13.9. The van der Waals surface area contributed by atoms with E-state index in [9.17, 15) is 9.59 Å². The molecule has 4 heteroatoms. The van der Waals surface area contributed by atoms with Crippen molar-refractivity contribution in [2.45, 2.75) is 39.2 Å². The van der Waals surface area contributed by atoms with Crippen LogP contribution in [0.2, 0.25) is 0 Å². The fourth-order valence-electron chi connectivity index (χ4n) is 1.74. The van der Waals surface area contributed by atoms with E-state index >= 15 is 0 Å². The fourth-order valence-corrected chi connectivity index (χ4v) is 1.74. The van der Waals surface area contributed by atoms with E-state index in [-0.39, 0.29) is 12.2 Å². The minimum atomic E-state index is -1.06. The number of hydrogen-bond donors (Lipinski definition) is 2. The third-order valence-electron chi connectivity index (χ3n) is 2.93. The van der Waals surface area contributed by atoms with Crippen LogP contribution in [0, 0.1) is 6.92 Å². The highest BCUT2D eigenvalue weighted by molar-refractivity contribution is 6.02. The maximum Gasteiger partial charge on any atom is 0.305 e. The number of carbonyl (C=O) groups excluding carboxylic acids is 1. The van der Waals surface area contributed by atoms with Crippen molar-refractivity contribution in [2.24, 2.45) is 5.73 Å². The van der Waals surface area contributed by atoms with Crippen molar-refractivity contribution in [3.05, 3.63) is 34.9 Å². The number of rotatable bonds is 5. The number of carboxylic acids is 1. The van der Waals surface area contributed by atoms with Crippen LogP contribution in [-0.2, 0) is 4.79 Å². The van der Waals surface area contributed by atoms with Crippen molar-refractivity contribution in [3.63, 3.8) is 0 Å². The zero-order valence-corrected chi connectivity index (χ0v) is 10.9. The quantitative estimate of drug-likeness (QED) is 0.783. The summed E-state index contributed by atoms with van der Waals surface area (Å²) >= 11 is 0. The highest BCUT2D eigenvalue weighted by atomic mass is 16.4. The average Bonchev–Trinajstić information content (AvgIpc) is 2.27. The summed E-state index contributed by atoms with van der Waals surface area (Å²) in [4.78, 5) is 22.7. The van der Waals surface area contributed by atoms with Crippen molar-refractivity contribution in [1.82, 2.24) is 0 Å². The number of ketones is 1. The second-order valence-electron chi connectivity index (χ2n) is 4.80. The normalized spacial score (nSPS) is 12.5. The van der Waals surface area contributed by atoms with Crippen LogP contribution >= 0.6 is 0 Å². The molecule has 0 aliphatic heterocycles.